The Labute approximate surface area is 197 Å². The van der Waals surface area contributed by atoms with Gasteiger partial charge in [0.25, 0.3) is 0 Å². The molecule has 1 N–H and O–H groups in total. The minimum absolute atomic E-state index is 0.00185. The van der Waals surface area contributed by atoms with Crippen LogP contribution in [0.3, 0.4) is 0 Å². The maximum absolute atomic E-state index is 13.4. The van der Waals surface area contributed by atoms with Crippen LogP contribution >= 0.6 is 0 Å². The highest BCUT2D eigenvalue weighted by Gasteiger charge is 2.34. The zero-order valence-electron chi connectivity index (χ0n) is 19.4. The van der Waals surface area contributed by atoms with E-state index in [0.717, 1.165) is 37.9 Å². The zero-order valence-corrected chi connectivity index (χ0v) is 20.2. The van der Waals surface area contributed by atoms with Gasteiger partial charge in [0.15, 0.2) is 0 Å². The molecule has 0 spiro atoms. The maximum Gasteiger partial charge on any atom is 0.246 e. The van der Waals surface area contributed by atoms with Gasteiger partial charge in [0.2, 0.25) is 15.9 Å². The van der Waals surface area contributed by atoms with Gasteiger partial charge in [-0.2, -0.15) is 4.31 Å². The molecule has 2 aliphatic heterocycles. The Bertz CT molecular complexity index is 1040. The van der Waals surface area contributed by atoms with Gasteiger partial charge in [-0.15, -0.1) is 0 Å². The lowest BCUT2D eigenvalue weighted by Gasteiger charge is -2.33. The summed E-state index contributed by atoms with van der Waals surface area (Å²) in [5.41, 5.74) is 2.35. The number of anilines is 1. The van der Waals surface area contributed by atoms with Gasteiger partial charge in [-0.1, -0.05) is 31.2 Å². The van der Waals surface area contributed by atoms with E-state index in [0.29, 0.717) is 38.3 Å². The number of piperidine rings is 2. The molecule has 0 unspecified atom stereocenters. The van der Waals surface area contributed by atoms with E-state index in [1.54, 1.807) is 18.3 Å². The number of nitrogens with zero attached hydrogens (tertiary/aromatic N) is 3. The fourth-order valence-electron chi connectivity index (χ4n) is 4.65. The summed E-state index contributed by atoms with van der Waals surface area (Å²) in [6.45, 7) is 4.98. The van der Waals surface area contributed by atoms with E-state index < -0.39 is 10.0 Å². The Morgan fingerprint density at radius 3 is 2.33 bits per heavy atom. The molecule has 2 aliphatic rings. The van der Waals surface area contributed by atoms with Gasteiger partial charge >= 0.3 is 0 Å². The van der Waals surface area contributed by atoms with Crippen molar-refractivity contribution in [3.8, 4) is 0 Å². The van der Waals surface area contributed by atoms with Crippen molar-refractivity contribution in [2.24, 2.45) is 5.92 Å². The monoisotopic (exact) mass is 470 g/mol. The third-order valence-electron chi connectivity index (χ3n) is 6.75. The molecule has 178 valence electrons. The number of nitrogens with one attached hydrogen (secondary N) is 1. The lowest BCUT2D eigenvalue weighted by atomic mass is 9.97. The number of carbonyl (C=O) groups excluding carboxylic acids is 1. The molecule has 4 rings (SSSR count). The largest absolute Gasteiger partial charge is 0.355 e. The highest BCUT2D eigenvalue weighted by Crippen LogP contribution is 2.30. The van der Waals surface area contributed by atoms with Crippen LogP contribution in [0.1, 0.15) is 50.2 Å². The molecule has 7 nitrogen and oxygen atoms in total. The second kappa shape index (κ2) is 10.7. The van der Waals surface area contributed by atoms with Crippen LogP contribution in [0.2, 0.25) is 0 Å². The molecule has 1 amide bonds. The van der Waals surface area contributed by atoms with E-state index in [1.807, 2.05) is 12.1 Å². The number of aryl methyl sites for hydroxylation is 1. The molecule has 0 aliphatic carbocycles. The second-order valence-corrected chi connectivity index (χ2v) is 10.8. The fourth-order valence-corrected chi connectivity index (χ4v) is 6.28. The van der Waals surface area contributed by atoms with Crippen LogP contribution in [-0.4, -0.2) is 49.8 Å². The average molecular weight is 471 g/mol. The fraction of sp³-hybridized carbons (Fsp3) is 0.520. The van der Waals surface area contributed by atoms with Crippen molar-refractivity contribution >= 4 is 21.7 Å². The highest BCUT2D eigenvalue weighted by molar-refractivity contribution is 7.89. The van der Waals surface area contributed by atoms with E-state index in [2.05, 4.69) is 34.3 Å². The van der Waals surface area contributed by atoms with Crippen molar-refractivity contribution in [3.63, 3.8) is 0 Å². The van der Waals surface area contributed by atoms with Crippen LogP contribution in [0.25, 0.3) is 0 Å². The molecule has 1 aromatic heterocycles. The highest BCUT2D eigenvalue weighted by atomic mass is 32.2. The number of benzene rings is 1. The maximum atomic E-state index is 13.4. The number of hydrogen-bond acceptors (Lipinski definition) is 5. The molecule has 33 heavy (non-hydrogen) atoms. The summed E-state index contributed by atoms with van der Waals surface area (Å²) < 4.78 is 28.4. The molecular weight excluding hydrogens is 436 g/mol. The SMILES string of the molecule is CCc1ccc(CNC(=O)C2CCN(S(=O)(=O)c3cccnc3N3CCCCC3)CC2)cc1. The predicted octanol–water partition coefficient (Wildman–Crippen LogP) is 3.35. The summed E-state index contributed by atoms with van der Waals surface area (Å²) in [5.74, 6) is 0.398. The van der Waals surface area contributed by atoms with E-state index in [4.69, 9.17) is 0 Å². The number of sulfonamides is 1. The van der Waals surface area contributed by atoms with E-state index >= 15 is 0 Å². The van der Waals surface area contributed by atoms with Gasteiger partial charge in [-0.05, 0) is 61.8 Å². The summed E-state index contributed by atoms with van der Waals surface area (Å²) in [6.07, 6.45) is 6.99. The zero-order chi connectivity index (χ0) is 23.3. The number of rotatable bonds is 7. The number of carbonyl (C=O) groups is 1. The Hall–Kier alpha value is -2.45. The molecule has 0 saturated carbocycles. The van der Waals surface area contributed by atoms with Crippen molar-refractivity contribution in [1.29, 1.82) is 0 Å². The summed E-state index contributed by atoms with van der Waals surface area (Å²) in [4.78, 5) is 19.5. The molecule has 2 saturated heterocycles. The lowest BCUT2D eigenvalue weighted by Crippen LogP contribution is -2.43. The third kappa shape index (κ3) is 5.55. The minimum atomic E-state index is -3.66. The molecule has 2 fully saturated rings. The van der Waals surface area contributed by atoms with Crippen molar-refractivity contribution in [2.45, 2.75) is 56.9 Å². The Morgan fingerprint density at radius 2 is 1.67 bits per heavy atom. The van der Waals surface area contributed by atoms with Gasteiger partial charge < -0.3 is 10.2 Å². The number of aromatic nitrogens is 1. The lowest BCUT2D eigenvalue weighted by molar-refractivity contribution is -0.126. The quantitative estimate of drug-likeness (QED) is 0.671. The number of hydrogen-bond donors (Lipinski definition) is 1. The smallest absolute Gasteiger partial charge is 0.246 e. The van der Waals surface area contributed by atoms with E-state index in [1.165, 1.54) is 16.3 Å². The first-order valence-corrected chi connectivity index (χ1v) is 13.5. The molecule has 0 atom stereocenters. The molecule has 0 radical (unpaired) electrons. The van der Waals surface area contributed by atoms with Crippen LogP contribution in [0.5, 0.6) is 0 Å². The van der Waals surface area contributed by atoms with Crippen molar-refractivity contribution in [3.05, 3.63) is 53.7 Å². The molecule has 0 bridgehead atoms. The number of amides is 1. The topological polar surface area (TPSA) is 82.6 Å². The normalized spacial score (nSPS) is 18.3. The predicted molar refractivity (Wildman–Crippen MR) is 129 cm³/mol. The molecule has 8 heteroatoms. The van der Waals surface area contributed by atoms with Crippen LogP contribution in [0, 0.1) is 5.92 Å². The molecule has 3 heterocycles. The molecule has 2 aromatic rings. The van der Waals surface area contributed by atoms with E-state index in [-0.39, 0.29) is 16.7 Å². The van der Waals surface area contributed by atoms with Gasteiger partial charge in [-0.25, -0.2) is 13.4 Å². The van der Waals surface area contributed by atoms with Crippen molar-refractivity contribution in [2.75, 3.05) is 31.1 Å². The molecule has 1 aromatic carbocycles. The summed E-state index contributed by atoms with van der Waals surface area (Å²) in [6, 6.07) is 11.6. The summed E-state index contributed by atoms with van der Waals surface area (Å²) in [5, 5.41) is 3.02. The van der Waals surface area contributed by atoms with E-state index in [9.17, 15) is 13.2 Å². The summed E-state index contributed by atoms with van der Waals surface area (Å²) in [7, 11) is -3.66. The van der Waals surface area contributed by atoms with Gasteiger partial charge in [0, 0.05) is 44.8 Å². The van der Waals surface area contributed by atoms with Crippen LogP contribution in [0.4, 0.5) is 5.82 Å². The Kier molecular flexibility index (Phi) is 7.65. The Balaban J connectivity index is 1.35. The molecular formula is C25H34N4O3S. The second-order valence-electron chi connectivity index (χ2n) is 8.94. The van der Waals surface area contributed by atoms with Gasteiger partial charge in [0.05, 0.1) is 0 Å². The van der Waals surface area contributed by atoms with Gasteiger partial charge in [0.1, 0.15) is 10.7 Å². The minimum Gasteiger partial charge on any atom is -0.355 e. The first kappa shape index (κ1) is 23.7. The third-order valence-corrected chi connectivity index (χ3v) is 8.67. The first-order chi connectivity index (χ1) is 16.0. The van der Waals surface area contributed by atoms with Crippen LogP contribution in [0.15, 0.2) is 47.5 Å². The first-order valence-electron chi connectivity index (χ1n) is 12.0. The van der Waals surface area contributed by atoms with Crippen molar-refractivity contribution in [1.82, 2.24) is 14.6 Å². The van der Waals surface area contributed by atoms with Crippen LogP contribution in [-0.2, 0) is 27.8 Å². The van der Waals surface area contributed by atoms with Crippen LogP contribution < -0.4 is 10.2 Å². The summed E-state index contributed by atoms with van der Waals surface area (Å²) >= 11 is 0. The van der Waals surface area contributed by atoms with Crippen molar-refractivity contribution < 1.29 is 13.2 Å². The Morgan fingerprint density at radius 1 is 1.00 bits per heavy atom. The standard InChI is InChI=1S/C25H34N4O3S/c1-2-20-8-10-21(11-9-20)19-27-25(30)22-12-17-29(18-13-22)33(31,32)23-7-6-14-26-24(23)28-15-4-3-5-16-28/h6-11,14,22H,2-5,12-13,15-19H2,1H3,(H,27,30). The number of pyridine rings is 1. The van der Waals surface area contributed by atoms with Gasteiger partial charge in [-0.3, -0.25) is 4.79 Å². The average Bonchev–Trinajstić information content (AvgIpc) is 2.88.